The Morgan fingerprint density at radius 1 is 1.42 bits per heavy atom. The Morgan fingerprint density at radius 2 is 2.16 bits per heavy atom. The summed E-state index contributed by atoms with van der Waals surface area (Å²) in [6, 6.07) is 3.04. The lowest BCUT2D eigenvalue weighted by Crippen LogP contribution is -2.25. The third-order valence-corrected chi connectivity index (χ3v) is 6.42. The van der Waals surface area contributed by atoms with Crippen molar-refractivity contribution in [3.63, 3.8) is 0 Å². The lowest BCUT2D eigenvalue weighted by Gasteiger charge is -2.14. The third-order valence-electron chi connectivity index (χ3n) is 2.47. The quantitative estimate of drug-likeness (QED) is 0.918. The predicted molar refractivity (Wildman–Crippen MR) is 74.3 cm³/mol. The van der Waals surface area contributed by atoms with Crippen molar-refractivity contribution in [1.29, 1.82) is 0 Å². The third kappa shape index (κ3) is 3.03. The molecule has 8 heteroatoms. The minimum absolute atomic E-state index is 0.00694. The molecule has 0 amide bonds. The zero-order valence-corrected chi connectivity index (χ0v) is 12.4. The van der Waals surface area contributed by atoms with Crippen molar-refractivity contribution >= 4 is 38.7 Å². The number of thiophene rings is 2. The Hall–Kier alpha value is -1.22. The first-order valence-corrected chi connectivity index (χ1v) is 8.47. The standard InChI is InChI=1S/C11H11NO4S3/c1-12(5-8-2-3-17-6-8)19(15,16)10-4-9(7-18-10)11(13)14/h2-4,6-7H,5H2,1H3,(H,13,14). The minimum atomic E-state index is -3.63. The van der Waals surface area contributed by atoms with Gasteiger partial charge in [-0.15, -0.1) is 11.3 Å². The summed E-state index contributed by atoms with van der Waals surface area (Å²) in [5, 5.41) is 13.9. The van der Waals surface area contributed by atoms with Crippen LogP contribution >= 0.6 is 22.7 Å². The van der Waals surface area contributed by atoms with Gasteiger partial charge in [-0.2, -0.15) is 15.6 Å². The second-order valence-electron chi connectivity index (χ2n) is 3.85. The number of hydrogen-bond acceptors (Lipinski definition) is 5. The molecule has 0 bridgehead atoms. The van der Waals surface area contributed by atoms with Gasteiger partial charge >= 0.3 is 5.97 Å². The maximum Gasteiger partial charge on any atom is 0.336 e. The molecule has 19 heavy (non-hydrogen) atoms. The van der Waals surface area contributed by atoms with Crippen molar-refractivity contribution in [1.82, 2.24) is 4.31 Å². The lowest BCUT2D eigenvalue weighted by molar-refractivity contribution is 0.0697. The van der Waals surface area contributed by atoms with E-state index < -0.39 is 16.0 Å². The molecule has 1 N–H and O–H groups in total. The zero-order valence-electron chi connectivity index (χ0n) is 9.94. The maximum atomic E-state index is 12.2. The number of rotatable bonds is 5. The van der Waals surface area contributed by atoms with E-state index in [0.717, 1.165) is 16.9 Å². The molecule has 0 fully saturated rings. The van der Waals surface area contributed by atoms with Gasteiger partial charge in [-0.05, 0) is 28.5 Å². The van der Waals surface area contributed by atoms with Crippen LogP contribution in [-0.2, 0) is 16.6 Å². The SMILES string of the molecule is CN(Cc1ccsc1)S(=O)(=O)c1cc(C(=O)O)cs1. The summed E-state index contributed by atoms with van der Waals surface area (Å²) in [6.07, 6.45) is 0. The number of carboxylic acid groups (broad SMARTS) is 1. The van der Waals surface area contributed by atoms with Gasteiger partial charge in [0.1, 0.15) is 4.21 Å². The number of nitrogens with zero attached hydrogens (tertiary/aromatic N) is 1. The summed E-state index contributed by atoms with van der Waals surface area (Å²) in [6.45, 7) is 0.270. The van der Waals surface area contributed by atoms with Crippen molar-refractivity contribution in [3.05, 3.63) is 39.4 Å². The molecule has 0 aliphatic heterocycles. The largest absolute Gasteiger partial charge is 0.478 e. The monoisotopic (exact) mass is 317 g/mol. The first-order valence-electron chi connectivity index (χ1n) is 5.20. The fraction of sp³-hybridized carbons (Fsp3) is 0.182. The first-order chi connectivity index (χ1) is 8.91. The van der Waals surface area contributed by atoms with E-state index in [2.05, 4.69) is 0 Å². The molecule has 0 spiro atoms. The molecule has 2 aromatic rings. The van der Waals surface area contributed by atoms with E-state index in [1.165, 1.54) is 34.1 Å². The second-order valence-corrected chi connectivity index (χ2v) is 7.82. The summed E-state index contributed by atoms with van der Waals surface area (Å²) < 4.78 is 25.7. The number of hydrogen-bond donors (Lipinski definition) is 1. The Morgan fingerprint density at radius 3 is 2.68 bits per heavy atom. The first kappa shape index (κ1) is 14.2. The normalized spacial score (nSPS) is 11.9. The molecule has 0 aromatic carbocycles. The Labute approximate surface area is 118 Å². The summed E-state index contributed by atoms with van der Waals surface area (Å²) in [4.78, 5) is 10.8. The van der Waals surface area contributed by atoms with Crippen LogP contribution in [0.1, 0.15) is 15.9 Å². The summed E-state index contributed by atoms with van der Waals surface area (Å²) >= 11 is 2.42. The molecule has 0 saturated heterocycles. The fourth-order valence-corrected chi connectivity index (χ4v) is 4.62. The molecule has 2 rings (SSSR count). The van der Waals surface area contributed by atoms with Gasteiger partial charge in [-0.1, -0.05) is 0 Å². The van der Waals surface area contributed by atoms with Gasteiger partial charge in [0.15, 0.2) is 0 Å². The van der Waals surface area contributed by atoms with Gasteiger partial charge in [-0.25, -0.2) is 13.2 Å². The Balaban J connectivity index is 2.23. The molecule has 0 atom stereocenters. The van der Waals surface area contributed by atoms with Gasteiger partial charge in [0.2, 0.25) is 0 Å². The van der Waals surface area contributed by atoms with Gasteiger partial charge in [-0.3, -0.25) is 0 Å². The van der Waals surface area contributed by atoms with E-state index >= 15 is 0 Å². The molecule has 102 valence electrons. The maximum absolute atomic E-state index is 12.2. The number of carboxylic acids is 1. The van der Waals surface area contributed by atoms with Gasteiger partial charge < -0.3 is 5.11 Å². The summed E-state index contributed by atoms with van der Waals surface area (Å²) in [5.41, 5.74) is 0.901. The van der Waals surface area contributed by atoms with Crippen molar-refractivity contribution in [2.75, 3.05) is 7.05 Å². The fourth-order valence-electron chi connectivity index (χ4n) is 1.44. The zero-order chi connectivity index (χ0) is 14.0. The van der Waals surface area contributed by atoms with Crippen molar-refractivity contribution in [2.45, 2.75) is 10.8 Å². The van der Waals surface area contributed by atoms with Crippen LogP contribution in [0.2, 0.25) is 0 Å². The van der Waals surface area contributed by atoms with Crippen LogP contribution in [0.4, 0.5) is 0 Å². The van der Waals surface area contributed by atoms with Crippen LogP contribution in [0.25, 0.3) is 0 Å². The smallest absolute Gasteiger partial charge is 0.336 e. The van der Waals surface area contributed by atoms with E-state index in [9.17, 15) is 13.2 Å². The summed E-state index contributed by atoms with van der Waals surface area (Å²) in [5.74, 6) is -1.13. The second kappa shape index (κ2) is 5.41. The van der Waals surface area contributed by atoms with E-state index in [0.29, 0.717) is 0 Å². The molecule has 0 radical (unpaired) electrons. The molecule has 2 aromatic heterocycles. The van der Waals surface area contributed by atoms with E-state index in [-0.39, 0.29) is 16.3 Å². The van der Waals surface area contributed by atoms with Gasteiger partial charge in [0.25, 0.3) is 10.0 Å². The van der Waals surface area contributed by atoms with Crippen molar-refractivity contribution in [3.8, 4) is 0 Å². The highest BCUT2D eigenvalue weighted by Crippen LogP contribution is 2.24. The number of aromatic carboxylic acids is 1. The highest BCUT2D eigenvalue weighted by Gasteiger charge is 2.24. The number of carbonyl (C=O) groups is 1. The average Bonchev–Trinajstić information content (AvgIpc) is 2.99. The molecule has 2 heterocycles. The highest BCUT2D eigenvalue weighted by atomic mass is 32.2. The molecule has 5 nitrogen and oxygen atoms in total. The minimum Gasteiger partial charge on any atom is -0.478 e. The van der Waals surface area contributed by atoms with Crippen LogP contribution in [-0.4, -0.2) is 30.8 Å². The number of sulfonamides is 1. The van der Waals surface area contributed by atoms with E-state index in [1.807, 2.05) is 16.8 Å². The van der Waals surface area contributed by atoms with E-state index in [1.54, 1.807) is 0 Å². The average molecular weight is 317 g/mol. The van der Waals surface area contributed by atoms with Crippen LogP contribution < -0.4 is 0 Å². The Bertz CT molecular complexity index is 673. The van der Waals surface area contributed by atoms with Crippen LogP contribution in [0.3, 0.4) is 0 Å². The molecule has 0 aliphatic carbocycles. The highest BCUT2D eigenvalue weighted by molar-refractivity contribution is 7.91. The van der Waals surface area contributed by atoms with Crippen molar-refractivity contribution in [2.24, 2.45) is 0 Å². The van der Waals surface area contributed by atoms with Crippen molar-refractivity contribution < 1.29 is 18.3 Å². The lowest BCUT2D eigenvalue weighted by atomic mass is 10.3. The molecule has 0 aliphatic rings. The predicted octanol–water partition coefficient (Wildman–Crippen LogP) is 2.33. The van der Waals surface area contributed by atoms with Crippen LogP contribution in [0, 0.1) is 0 Å². The van der Waals surface area contributed by atoms with Crippen LogP contribution in [0.15, 0.2) is 32.5 Å². The molecular weight excluding hydrogens is 306 g/mol. The molecular formula is C11H11NO4S3. The van der Waals surface area contributed by atoms with Crippen LogP contribution in [0.5, 0.6) is 0 Å². The molecule has 0 saturated carbocycles. The topological polar surface area (TPSA) is 74.7 Å². The van der Waals surface area contributed by atoms with Gasteiger partial charge in [0, 0.05) is 19.0 Å². The van der Waals surface area contributed by atoms with E-state index in [4.69, 9.17) is 5.11 Å². The van der Waals surface area contributed by atoms with Gasteiger partial charge in [0.05, 0.1) is 5.56 Å². The summed E-state index contributed by atoms with van der Waals surface area (Å²) in [7, 11) is -2.16. The Kier molecular flexibility index (Phi) is 4.04. The molecule has 0 unspecified atom stereocenters.